The van der Waals surface area contributed by atoms with Gasteiger partial charge in [-0.15, -0.1) is 0 Å². The monoisotopic (exact) mass is 283 g/mol. The van der Waals surface area contributed by atoms with Crippen LogP contribution in [0.1, 0.15) is 51.9 Å². The van der Waals surface area contributed by atoms with E-state index < -0.39 is 0 Å². The van der Waals surface area contributed by atoms with Crippen LogP contribution in [0.15, 0.2) is 0 Å². The second kappa shape index (κ2) is 8.25. The summed E-state index contributed by atoms with van der Waals surface area (Å²) in [5, 5.41) is 5.95. The third-order valence-electron chi connectivity index (χ3n) is 4.29. The summed E-state index contributed by atoms with van der Waals surface area (Å²) >= 11 is 0. The molecule has 0 saturated heterocycles. The molecule has 0 atom stereocenters. The Kier molecular flexibility index (Phi) is 6.99. The number of carbonyl (C=O) groups is 2. The molecule has 0 bridgehead atoms. The van der Waals surface area contributed by atoms with Crippen molar-refractivity contribution in [3.05, 3.63) is 0 Å². The number of hydrogen-bond acceptors (Lipinski definition) is 3. The molecule has 2 N–H and O–H groups in total. The molecular formula is C15H29N3O2. The number of amides is 2. The maximum absolute atomic E-state index is 12.5. The third-order valence-corrected chi connectivity index (χ3v) is 4.29. The molecule has 0 aliphatic heterocycles. The zero-order valence-electron chi connectivity index (χ0n) is 13.1. The first-order valence-electron chi connectivity index (χ1n) is 7.74. The number of rotatable bonds is 7. The van der Waals surface area contributed by atoms with Crippen molar-refractivity contribution in [3.63, 3.8) is 0 Å². The van der Waals surface area contributed by atoms with Gasteiger partial charge in [0, 0.05) is 25.6 Å². The van der Waals surface area contributed by atoms with E-state index in [1.165, 1.54) is 19.3 Å². The zero-order valence-corrected chi connectivity index (χ0v) is 13.1. The predicted octanol–water partition coefficient (Wildman–Crippen LogP) is 1.28. The van der Waals surface area contributed by atoms with Crippen LogP contribution < -0.4 is 10.6 Å². The fourth-order valence-electron chi connectivity index (χ4n) is 2.96. The molecule has 0 radical (unpaired) electrons. The van der Waals surface area contributed by atoms with Crippen LogP contribution in [0, 0.1) is 0 Å². The Morgan fingerprint density at radius 1 is 1.15 bits per heavy atom. The molecule has 1 saturated carbocycles. The predicted molar refractivity (Wildman–Crippen MR) is 80.4 cm³/mol. The molecule has 0 spiro atoms. The van der Waals surface area contributed by atoms with Gasteiger partial charge in [0.2, 0.25) is 11.8 Å². The Hall–Kier alpha value is -1.10. The molecule has 1 aliphatic rings. The van der Waals surface area contributed by atoms with Crippen molar-refractivity contribution in [3.8, 4) is 0 Å². The minimum atomic E-state index is -0.103. The van der Waals surface area contributed by atoms with Gasteiger partial charge in [0.25, 0.3) is 0 Å². The van der Waals surface area contributed by atoms with E-state index in [-0.39, 0.29) is 23.9 Å². The molecule has 2 amide bonds. The van der Waals surface area contributed by atoms with E-state index in [1.54, 1.807) is 11.9 Å². The lowest BCUT2D eigenvalue weighted by Crippen LogP contribution is -2.50. The summed E-state index contributed by atoms with van der Waals surface area (Å²) < 4.78 is 0. The van der Waals surface area contributed by atoms with Crippen molar-refractivity contribution >= 4 is 11.8 Å². The minimum Gasteiger partial charge on any atom is -0.358 e. The Bertz CT molecular complexity index is 325. The van der Waals surface area contributed by atoms with Crippen molar-refractivity contribution in [2.75, 3.05) is 27.2 Å². The Balaban J connectivity index is 2.65. The molecule has 20 heavy (non-hydrogen) atoms. The molecule has 0 aromatic carbocycles. The van der Waals surface area contributed by atoms with E-state index in [4.69, 9.17) is 0 Å². The van der Waals surface area contributed by atoms with E-state index in [2.05, 4.69) is 10.6 Å². The van der Waals surface area contributed by atoms with E-state index in [1.807, 2.05) is 14.0 Å². The van der Waals surface area contributed by atoms with Crippen LogP contribution in [-0.4, -0.2) is 49.4 Å². The molecule has 0 aromatic rings. The number of likely N-dealkylation sites (N-methyl/N-ethyl adjacent to an activating group) is 1. The van der Waals surface area contributed by atoms with Crippen molar-refractivity contribution in [1.82, 2.24) is 15.5 Å². The summed E-state index contributed by atoms with van der Waals surface area (Å²) in [6.45, 7) is 2.84. The first-order chi connectivity index (χ1) is 9.56. The van der Waals surface area contributed by atoms with Crippen LogP contribution >= 0.6 is 0 Å². The highest BCUT2D eigenvalue weighted by atomic mass is 16.2. The Morgan fingerprint density at radius 2 is 1.80 bits per heavy atom. The lowest BCUT2D eigenvalue weighted by atomic mass is 9.79. The van der Waals surface area contributed by atoms with Gasteiger partial charge in [-0.3, -0.25) is 9.59 Å². The van der Waals surface area contributed by atoms with Crippen molar-refractivity contribution in [1.29, 1.82) is 0 Å². The van der Waals surface area contributed by atoms with Gasteiger partial charge >= 0.3 is 0 Å². The summed E-state index contributed by atoms with van der Waals surface area (Å²) in [4.78, 5) is 25.7. The SMILES string of the molecule is CCCN(CC(=O)NC)C(=O)CC1(NC)CCCCC1. The van der Waals surface area contributed by atoms with Crippen LogP contribution in [0.3, 0.4) is 0 Å². The van der Waals surface area contributed by atoms with Crippen molar-refractivity contribution in [2.45, 2.75) is 57.4 Å². The van der Waals surface area contributed by atoms with Gasteiger partial charge < -0.3 is 15.5 Å². The normalized spacial score (nSPS) is 17.6. The first-order valence-corrected chi connectivity index (χ1v) is 7.74. The van der Waals surface area contributed by atoms with Crippen LogP contribution in [-0.2, 0) is 9.59 Å². The van der Waals surface area contributed by atoms with Crippen LogP contribution in [0.2, 0.25) is 0 Å². The highest BCUT2D eigenvalue weighted by Crippen LogP contribution is 2.31. The number of hydrogen-bond donors (Lipinski definition) is 2. The third kappa shape index (κ3) is 4.78. The van der Waals surface area contributed by atoms with Gasteiger partial charge in [-0.1, -0.05) is 26.2 Å². The van der Waals surface area contributed by atoms with Gasteiger partial charge in [0.15, 0.2) is 0 Å². The fraction of sp³-hybridized carbons (Fsp3) is 0.867. The number of carbonyl (C=O) groups excluding carboxylic acids is 2. The largest absolute Gasteiger partial charge is 0.358 e. The standard InChI is InChI=1S/C15H29N3O2/c1-4-10-18(12-13(19)16-2)14(20)11-15(17-3)8-6-5-7-9-15/h17H,4-12H2,1-3H3,(H,16,19). The summed E-state index contributed by atoms with van der Waals surface area (Å²) in [5.41, 5.74) is -0.0655. The first kappa shape index (κ1) is 17.0. The molecule has 0 aromatic heterocycles. The summed E-state index contributed by atoms with van der Waals surface area (Å²) in [6.07, 6.45) is 7.09. The van der Waals surface area contributed by atoms with Gasteiger partial charge in [0.05, 0.1) is 6.54 Å². The van der Waals surface area contributed by atoms with Crippen LogP contribution in [0.25, 0.3) is 0 Å². The topological polar surface area (TPSA) is 61.4 Å². The smallest absolute Gasteiger partial charge is 0.239 e. The second-order valence-corrected chi connectivity index (χ2v) is 5.76. The van der Waals surface area contributed by atoms with Crippen molar-refractivity contribution in [2.24, 2.45) is 0 Å². The Morgan fingerprint density at radius 3 is 2.30 bits per heavy atom. The lowest BCUT2D eigenvalue weighted by Gasteiger charge is -2.38. The van der Waals surface area contributed by atoms with Gasteiger partial charge in [-0.2, -0.15) is 0 Å². The Labute approximate surface area is 122 Å². The average Bonchev–Trinajstić information content (AvgIpc) is 2.47. The molecule has 0 unspecified atom stereocenters. The summed E-state index contributed by atoms with van der Waals surface area (Å²) in [7, 11) is 3.55. The molecular weight excluding hydrogens is 254 g/mol. The summed E-state index contributed by atoms with van der Waals surface area (Å²) in [6, 6.07) is 0. The lowest BCUT2D eigenvalue weighted by molar-refractivity contribution is -0.137. The van der Waals surface area contributed by atoms with Gasteiger partial charge in [-0.05, 0) is 26.3 Å². The molecule has 116 valence electrons. The van der Waals surface area contributed by atoms with Crippen LogP contribution in [0.5, 0.6) is 0 Å². The fourth-order valence-corrected chi connectivity index (χ4v) is 2.96. The van der Waals surface area contributed by atoms with E-state index in [0.29, 0.717) is 13.0 Å². The second-order valence-electron chi connectivity index (χ2n) is 5.76. The number of nitrogens with one attached hydrogen (secondary N) is 2. The average molecular weight is 283 g/mol. The highest BCUT2D eigenvalue weighted by Gasteiger charge is 2.34. The quantitative estimate of drug-likeness (QED) is 0.740. The van der Waals surface area contributed by atoms with Gasteiger partial charge in [-0.25, -0.2) is 0 Å². The molecule has 1 rings (SSSR count). The molecule has 5 heteroatoms. The molecule has 1 fully saturated rings. The summed E-state index contributed by atoms with van der Waals surface area (Å²) in [5.74, 6) is -0.0133. The van der Waals surface area contributed by atoms with E-state index in [0.717, 1.165) is 19.3 Å². The molecule has 1 aliphatic carbocycles. The van der Waals surface area contributed by atoms with Gasteiger partial charge in [0.1, 0.15) is 0 Å². The zero-order chi connectivity index (χ0) is 15.0. The van der Waals surface area contributed by atoms with Crippen LogP contribution in [0.4, 0.5) is 0 Å². The minimum absolute atomic E-state index is 0.0655. The van der Waals surface area contributed by atoms with E-state index in [9.17, 15) is 9.59 Å². The molecule has 5 nitrogen and oxygen atoms in total. The number of nitrogens with zero attached hydrogens (tertiary/aromatic N) is 1. The maximum Gasteiger partial charge on any atom is 0.239 e. The maximum atomic E-state index is 12.5. The molecule has 0 heterocycles. The highest BCUT2D eigenvalue weighted by molar-refractivity contribution is 5.85. The van der Waals surface area contributed by atoms with Crippen molar-refractivity contribution < 1.29 is 9.59 Å². The van der Waals surface area contributed by atoms with E-state index >= 15 is 0 Å².